The monoisotopic (exact) mass is 418 g/mol. The number of hydrogen-bond acceptors (Lipinski definition) is 4. The molecule has 3 N–H and O–H groups in total. The summed E-state index contributed by atoms with van der Waals surface area (Å²) >= 11 is 0. The van der Waals surface area contributed by atoms with Crippen LogP contribution in [0, 0.1) is 0 Å². The molecule has 3 rings (SSSR count). The molecule has 156 valence electrons. The van der Waals surface area contributed by atoms with Crippen LogP contribution in [0.2, 0.25) is 0 Å². The van der Waals surface area contributed by atoms with E-state index in [0.717, 1.165) is 12.1 Å². The summed E-state index contributed by atoms with van der Waals surface area (Å²) in [5.41, 5.74) is 7.24. The molecule has 30 heavy (non-hydrogen) atoms. The van der Waals surface area contributed by atoms with Crippen LogP contribution < -0.4 is 15.8 Å². The van der Waals surface area contributed by atoms with Gasteiger partial charge in [0.15, 0.2) is 0 Å². The molecule has 0 fully saturated rings. The van der Waals surface area contributed by atoms with Crippen molar-refractivity contribution in [1.29, 1.82) is 0 Å². The number of hydrogen-bond donors (Lipinski definition) is 2. The predicted octanol–water partition coefficient (Wildman–Crippen LogP) is 2.86. The molecule has 2 amide bonds. The van der Waals surface area contributed by atoms with E-state index >= 15 is 0 Å². The Morgan fingerprint density at radius 1 is 1.07 bits per heavy atom. The Balaban J connectivity index is 1.62. The number of primary amides is 1. The Morgan fingerprint density at radius 2 is 1.73 bits per heavy atom. The third-order valence-corrected chi connectivity index (χ3v) is 4.03. The van der Waals surface area contributed by atoms with Gasteiger partial charge in [0.1, 0.15) is 18.0 Å². The van der Waals surface area contributed by atoms with Gasteiger partial charge in [0.05, 0.1) is 5.56 Å². The lowest BCUT2D eigenvalue weighted by Gasteiger charge is -2.10. The van der Waals surface area contributed by atoms with Crippen molar-refractivity contribution in [2.45, 2.75) is 19.5 Å². The molecule has 0 atom stereocenters. The second-order valence-electron chi connectivity index (χ2n) is 6.29. The molecule has 0 spiro atoms. The first kappa shape index (κ1) is 20.9. The van der Waals surface area contributed by atoms with Crippen LogP contribution in [-0.4, -0.2) is 28.0 Å². The maximum atomic E-state index is 12.2. The first-order valence-corrected chi connectivity index (χ1v) is 8.75. The first-order chi connectivity index (χ1) is 14.2. The molecular formula is C20H17F3N4O3. The maximum Gasteiger partial charge on any atom is 0.573 e. The fraction of sp³-hybridized carbons (Fsp3) is 0.150. The van der Waals surface area contributed by atoms with Gasteiger partial charge >= 0.3 is 6.36 Å². The van der Waals surface area contributed by atoms with Crippen LogP contribution in [0.4, 0.5) is 13.2 Å². The Hall–Kier alpha value is -3.82. The van der Waals surface area contributed by atoms with Crippen molar-refractivity contribution in [3.63, 3.8) is 0 Å². The topological polar surface area (TPSA) is 99.2 Å². The lowest BCUT2D eigenvalue weighted by molar-refractivity contribution is -0.274. The van der Waals surface area contributed by atoms with Crippen LogP contribution in [0.25, 0.3) is 11.3 Å². The number of benzene rings is 2. The predicted molar refractivity (Wildman–Crippen MR) is 101 cm³/mol. The minimum atomic E-state index is -4.76. The second kappa shape index (κ2) is 8.68. The number of nitrogens with one attached hydrogen (secondary N) is 1. The first-order valence-electron chi connectivity index (χ1n) is 8.75. The Bertz CT molecular complexity index is 1030. The largest absolute Gasteiger partial charge is 0.573 e. The summed E-state index contributed by atoms with van der Waals surface area (Å²) in [6.07, 6.45) is -3.37. The zero-order chi connectivity index (χ0) is 21.7. The molecule has 7 nitrogen and oxygen atoms in total. The van der Waals surface area contributed by atoms with Crippen molar-refractivity contribution >= 4 is 11.8 Å². The zero-order valence-corrected chi connectivity index (χ0v) is 15.5. The highest BCUT2D eigenvalue weighted by molar-refractivity contribution is 5.98. The number of rotatable bonds is 7. The lowest BCUT2D eigenvalue weighted by Crippen LogP contribution is -2.27. The molecule has 0 unspecified atom stereocenters. The third-order valence-electron chi connectivity index (χ3n) is 4.03. The highest BCUT2D eigenvalue weighted by atomic mass is 19.4. The van der Waals surface area contributed by atoms with E-state index in [2.05, 4.69) is 15.2 Å². The van der Waals surface area contributed by atoms with Gasteiger partial charge in [0.25, 0.3) is 5.91 Å². The standard InChI is InChI=1S/C20H17F3N4O3/c21-20(22,23)30-15-8-6-13(7-9-15)10-25-17(28)12-27-11-16(19(24)29)18(26-27)14-4-2-1-3-5-14/h1-9,11H,10,12H2,(H2,24,29)(H,25,28). The Morgan fingerprint density at radius 3 is 2.33 bits per heavy atom. The van der Waals surface area contributed by atoms with Crippen LogP contribution in [0.15, 0.2) is 60.8 Å². The number of aromatic nitrogens is 2. The molecule has 0 radical (unpaired) electrons. The molecule has 0 saturated carbocycles. The van der Waals surface area contributed by atoms with Crippen molar-refractivity contribution in [2.75, 3.05) is 0 Å². The quantitative estimate of drug-likeness (QED) is 0.616. The highest BCUT2D eigenvalue weighted by Crippen LogP contribution is 2.23. The zero-order valence-electron chi connectivity index (χ0n) is 15.5. The van der Waals surface area contributed by atoms with Gasteiger partial charge in [-0.05, 0) is 17.7 Å². The van der Waals surface area contributed by atoms with Crippen LogP contribution in [0.1, 0.15) is 15.9 Å². The summed E-state index contributed by atoms with van der Waals surface area (Å²) in [7, 11) is 0. The van der Waals surface area contributed by atoms with E-state index < -0.39 is 18.2 Å². The van der Waals surface area contributed by atoms with E-state index in [0.29, 0.717) is 16.8 Å². The number of amides is 2. The lowest BCUT2D eigenvalue weighted by atomic mass is 10.1. The van der Waals surface area contributed by atoms with Gasteiger partial charge in [0.2, 0.25) is 5.91 Å². The molecule has 10 heteroatoms. The van der Waals surface area contributed by atoms with Crippen LogP contribution in [0.3, 0.4) is 0 Å². The summed E-state index contributed by atoms with van der Waals surface area (Å²) in [5, 5.41) is 6.91. The van der Waals surface area contributed by atoms with Crippen molar-refractivity contribution in [2.24, 2.45) is 5.73 Å². The summed E-state index contributed by atoms with van der Waals surface area (Å²) in [5.74, 6) is -1.41. The number of ether oxygens (including phenoxy) is 1. The van der Waals surface area contributed by atoms with Crippen molar-refractivity contribution in [3.05, 3.63) is 71.9 Å². The van der Waals surface area contributed by atoms with Gasteiger partial charge in [-0.25, -0.2) is 0 Å². The molecule has 3 aromatic rings. The number of carbonyl (C=O) groups is 2. The number of nitrogens with two attached hydrogens (primary N) is 1. The average molecular weight is 418 g/mol. The van der Waals surface area contributed by atoms with E-state index in [9.17, 15) is 22.8 Å². The van der Waals surface area contributed by atoms with E-state index in [1.165, 1.54) is 23.0 Å². The van der Waals surface area contributed by atoms with E-state index in [1.807, 2.05) is 6.07 Å². The van der Waals surface area contributed by atoms with Gasteiger partial charge in [-0.15, -0.1) is 13.2 Å². The second-order valence-corrected chi connectivity index (χ2v) is 6.29. The summed E-state index contributed by atoms with van der Waals surface area (Å²) in [4.78, 5) is 23.9. The number of halogens is 3. The minimum absolute atomic E-state index is 0.0978. The van der Waals surface area contributed by atoms with Crippen LogP contribution in [0.5, 0.6) is 5.75 Å². The number of alkyl halides is 3. The van der Waals surface area contributed by atoms with Gasteiger partial charge in [-0.1, -0.05) is 42.5 Å². The van der Waals surface area contributed by atoms with Crippen LogP contribution in [-0.2, 0) is 17.9 Å². The Kier molecular flexibility index (Phi) is 6.05. The maximum absolute atomic E-state index is 12.2. The smallest absolute Gasteiger partial charge is 0.406 e. The summed E-state index contributed by atoms with van der Waals surface area (Å²) in [6.45, 7) is -0.0665. The van der Waals surface area contributed by atoms with E-state index in [1.54, 1.807) is 24.3 Å². The summed E-state index contributed by atoms with van der Waals surface area (Å²) in [6, 6.07) is 14.1. The molecule has 0 aliphatic heterocycles. The molecule has 0 aliphatic rings. The minimum Gasteiger partial charge on any atom is -0.406 e. The van der Waals surface area contributed by atoms with Gasteiger partial charge in [-0.3, -0.25) is 14.3 Å². The van der Waals surface area contributed by atoms with E-state index in [-0.39, 0.29) is 24.4 Å². The molecular weight excluding hydrogens is 401 g/mol. The van der Waals surface area contributed by atoms with Crippen molar-refractivity contribution in [1.82, 2.24) is 15.1 Å². The molecule has 0 aliphatic carbocycles. The average Bonchev–Trinajstić information content (AvgIpc) is 3.11. The molecule has 2 aromatic carbocycles. The fourth-order valence-corrected chi connectivity index (χ4v) is 2.70. The fourth-order valence-electron chi connectivity index (χ4n) is 2.70. The van der Waals surface area contributed by atoms with Gasteiger partial charge in [-0.2, -0.15) is 5.10 Å². The van der Waals surface area contributed by atoms with Gasteiger partial charge in [0, 0.05) is 18.3 Å². The molecule has 1 heterocycles. The molecule has 0 bridgehead atoms. The Labute approximate surface area is 169 Å². The number of carbonyl (C=O) groups excluding carboxylic acids is 2. The SMILES string of the molecule is NC(=O)c1cn(CC(=O)NCc2ccc(OC(F)(F)F)cc2)nc1-c1ccccc1. The molecule has 1 aromatic heterocycles. The van der Waals surface area contributed by atoms with Gasteiger partial charge < -0.3 is 15.8 Å². The third kappa shape index (κ3) is 5.60. The number of nitrogens with zero attached hydrogens (tertiary/aromatic N) is 2. The highest BCUT2D eigenvalue weighted by Gasteiger charge is 2.30. The van der Waals surface area contributed by atoms with Crippen LogP contribution >= 0.6 is 0 Å². The normalized spacial score (nSPS) is 11.2. The van der Waals surface area contributed by atoms with Crippen molar-refractivity contribution < 1.29 is 27.5 Å². The van der Waals surface area contributed by atoms with Crippen molar-refractivity contribution in [3.8, 4) is 17.0 Å². The summed E-state index contributed by atoms with van der Waals surface area (Å²) < 4.78 is 41.6. The van der Waals surface area contributed by atoms with E-state index in [4.69, 9.17) is 5.73 Å². The molecule has 0 saturated heterocycles.